The monoisotopic (exact) mass is 220 g/mol. The molecule has 1 rings (SSSR count). The van der Waals surface area contributed by atoms with Crippen LogP contribution in [0.2, 0.25) is 0 Å². The second-order valence-electron chi connectivity index (χ2n) is 4.47. The molecular weight excluding hydrogens is 196 g/mol. The van der Waals surface area contributed by atoms with Crippen LogP contribution < -0.4 is 10.6 Å². The molecule has 2 heteroatoms. The minimum Gasteiger partial charge on any atom is -0.315 e. The van der Waals surface area contributed by atoms with E-state index in [1.807, 2.05) is 7.05 Å². The third-order valence-corrected chi connectivity index (χ3v) is 2.95. The number of likely N-dealkylation sites (N-methyl/N-ethyl adjacent to an activating group) is 2. The number of hydrogen-bond donors (Lipinski definition) is 2. The van der Waals surface area contributed by atoms with Gasteiger partial charge in [0.2, 0.25) is 0 Å². The molecule has 0 fully saturated rings. The zero-order chi connectivity index (χ0) is 12.0. The molecule has 0 amide bonds. The maximum atomic E-state index is 3.37. The van der Waals surface area contributed by atoms with Crippen LogP contribution in [0.15, 0.2) is 24.3 Å². The normalized spacial score (nSPS) is 13.1. The van der Waals surface area contributed by atoms with Gasteiger partial charge in [0.15, 0.2) is 0 Å². The van der Waals surface area contributed by atoms with E-state index >= 15 is 0 Å². The van der Waals surface area contributed by atoms with Crippen LogP contribution in [0.5, 0.6) is 0 Å². The molecular formula is C14H24N2. The summed E-state index contributed by atoms with van der Waals surface area (Å²) in [6.45, 7) is 8.58. The van der Waals surface area contributed by atoms with Crippen LogP contribution >= 0.6 is 0 Å². The average Bonchev–Trinajstić information content (AvgIpc) is 2.30. The van der Waals surface area contributed by atoms with E-state index in [0.29, 0.717) is 12.0 Å². The first kappa shape index (κ1) is 13.2. The summed E-state index contributed by atoms with van der Waals surface area (Å²) >= 11 is 0. The van der Waals surface area contributed by atoms with Crippen molar-refractivity contribution in [1.82, 2.24) is 10.6 Å². The standard InChI is InChI=1S/C14H24N2/c1-5-16-10-14(15-4)13-8-6-12(7-9-13)11(2)3/h6-9,11,14-16H,5,10H2,1-4H3. The highest BCUT2D eigenvalue weighted by atomic mass is 15.0. The molecule has 0 saturated carbocycles. The predicted octanol–water partition coefficient (Wildman–Crippen LogP) is 2.68. The Morgan fingerprint density at radius 2 is 1.62 bits per heavy atom. The maximum absolute atomic E-state index is 3.37. The van der Waals surface area contributed by atoms with Crippen LogP contribution in [0.3, 0.4) is 0 Å². The lowest BCUT2D eigenvalue weighted by molar-refractivity contribution is 0.538. The highest BCUT2D eigenvalue weighted by molar-refractivity contribution is 5.27. The summed E-state index contributed by atoms with van der Waals surface area (Å²) in [5, 5.41) is 6.71. The molecule has 1 aromatic carbocycles. The van der Waals surface area contributed by atoms with Gasteiger partial charge in [-0.2, -0.15) is 0 Å². The van der Waals surface area contributed by atoms with Crippen LogP contribution in [0.25, 0.3) is 0 Å². The van der Waals surface area contributed by atoms with Crippen molar-refractivity contribution in [3.05, 3.63) is 35.4 Å². The second-order valence-corrected chi connectivity index (χ2v) is 4.47. The van der Waals surface area contributed by atoms with Crippen LogP contribution in [0.1, 0.15) is 43.9 Å². The summed E-state index contributed by atoms with van der Waals surface area (Å²) in [7, 11) is 2.01. The fraction of sp³-hybridized carbons (Fsp3) is 0.571. The molecule has 0 aliphatic heterocycles. The van der Waals surface area contributed by atoms with Gasteiger partial charge in [-0.1, -0.05) is 45.0 Å². The molecule has 0 radical (unpaired) electrons. The van der Waals surface area contributed by atoms with Crippen molar-refractivity contribution in [3.63, 3.8) is 0 Å². The Labute approximate surface area is 99.5 Å². The van der Waals surface area contributed by atoms with E-state index in [4.69, 9.17) is 0 Å². The van der Waals surface area contributed by atoms with E-state index in [1.54, 1.807) is 0 Å². The zero-order valence-electron chi connectivity index (χ0n) is 10.9. The van der Waals surface area contributed by atoms with Gasteiger partial charge >= 0.3 is 0 Å². The molecule has 0 spiro atoms. The van der Waals surface area contributed by atoms with Gasteiger partial charge in [-0.25, -0.2) is 0 Å². The number of nitrogens with one attached hydrogen (secondary N) is 2. The lowest BCUT2D eigenvalue weighted by Crippen LogP contribution is -2.29. The first-order chi connectivity index (χ1) is 7.69. The van der Waals surface area contributed by atoms with Gasteiger partial charge in [-0.05, 0) is 30.6 Å². The summed E-state index contributed by atoms with van der Waals surface area (Å²) in [6.07, 6.45) is 0. The Hall–Kier alpha value is -0.860. The van der Waals surface area contributed by atoms with Crippen molar-refractivity contribution in [3.8, 4) is 0 Å². The molecule has 1 atom stereocenters. The Bertz CT molecular complexity index is 290. The molecule has 0 aliphatic rings. The first-order valence-electron chi connectivity index (χ1n) is 6.16. The van der Waals surface area contributed by atoms with E-state index in [1.165, 1.54) is 11.1 Å². The Kier molecular flexibility index (Phi) is 5.50. The quantitative estimate of drug-likeness (QED) is 0.770. The zero-order valence-corrected chi connectivity index (χ0v) is 10.9. The third-order valence-electron chi connectivity index (χ3n) is 2.95. The van der Waals surface area contributed by atoms with E-state index in [-0.39, 0.29) is 0 Å². The third kappa shape index (κ3) is 3.62. The molecule has 0 heterocycles. The maximum Gasteiger partial charge on any atom is 0.0444 e. The van der Waals surface area contributed by atoms with E-state index in [2.05, 4.69) is 55.7 Å². The second kappa shape index (κ2) is 6.66. The summed E-state index contributed by atoms with van der Waals surface area (Å²) in [6, 6.07) is 9.33. The summed E-state index contributed by atoms with van der Waals surface area (Å²) < 4.78 is 0. The topological polar surface area (TPSA) is 24.1 Å². The molecule has 0 aromatic heterocycles. The Balaban J connectivity index is 2.70. The van der Waals surface area contributed by atoms with E-state index < -0.39 is 0 Å². The highest BCUT2D eigenvalue weighted by Crippen LogP contribution is 2.18. The molecule has 90 valence electrons. The van der Waals surface area contributed by atoms with Gasteiger partial charge in [0.05, 0.1) is 0 Å². The van der Waals surface area contributed by atoms with Crippen molar-refractivity contribution >= 4 is 0 Å². The van der Waals surface area contributed by atoms with Crippen molar-refractivity contribution < 1.29 is 0 Å². The fourth-order valence-electron chi connectivity index (χ4n) is 1.79. The lowest BCUT2D eigenvalue weighted by Gasteiger charge is -2.17. The lowest BCUT2D eigenvalue weighted by atomic mass is 9.99. The Morgan fingerprint density at radius 1 is 1.06 bits per heavy atom. The summed E-state index contributed by atoms with van der Waals surface area (Å²) in [4.78, 5) is 0. The minimum atomic E-state index is 0.404. The molecule has 16 heavy (non-hydrogen) atoms. The van der Waals surface area contributed by atoms with Crippen LogP contribution in [-0.4, -0.2) is 20.1 Å². The van der Waals surface area contributed by atoms with Crippen LogP contribution in [0, 0.1) is 0 Å². The van der Waals surface area contributed by atoms with E-state index in [0.717, 1.165) is 13.1 Å². The van der Waals surface area contributed by atoms with Gasteiger partial charge in [0.1, 0.15) is 0 Å². The van der Waals surface area contributed by atoms with Crippen LogP contribution in [0.4, 0.5) is 0 Å². The van der Waals surface area contributed by atoms with Crippen molar-refractivity contribution in [2.75, 3.05) is 20.1 Å². The van der Waals surface area contributed by atoms with Crippen LogP contribution in [-0.2, 0) is 0 Å². The van der Waals surface area contributed by atoms with Crippen molar-refractivity contribution in [2.45, 2.75) is 32.7 Å². The van der Waals surface area contributed by atoms with Gasteiger partial charge in [-0.15, -0.1) is 0 Å². The van der Waals surface area contributed by atoms with Gasteiger partial charge in [0.25, 0.3) is 0 Å². The van der Waals surface area contributed by atoms with Crippen molar-refractivity contribution in [1.29, 1.82) is 0 Å². The first-order valence-corrected chi connectivity index (χ1v) is 6.16. The summed E-state index contributed by atoms with van der Waals surface area (Å²) in [5.74, 6) is 0.607. The Morgan fingerprint density at radius 3 is 2.06 bits per heavy atom. The number of rotatable bonds is 6. The SMILES string of the molecule is CCNCC(NC)c1ccc(C(C)C)cc1. The molecule has 1 unspecified atom stereocenters. The molecule has 0 aliphatic carbocycles. The summed E-state index contributed by atoms with van der Waals surface area (Å²) in [5.41, 5.74) is 2.76. The molecule has 2 N–H and O–H groups in total. The largest absolute Gasteiger partial charge is 0.315 e. The fourth-order valence-corrected chi connectivity index (χ4v) is 1.79. The number of benzene rings is 1. The number of hydrogen-bond acceptors (Lipinski definition) is 2. The highest BCUT2D eigenvalue weighted by Gasteiger charge is 2.08. The molecule has 2 nitrogen and oxygen atoms in total. The smallest absolute Gasteiger partial charge is 0.0444 e. The average molecular weight is 220 g/mol. The molecule has 0 saturated heterocycles. The van der Waals surface area contributed by atoms with Crippen molar-refractivity contribution in [2.24, 2.45) is 0 Å². The minimum absolute atomic E-state index is 0.404. The van der Waals surface area contributed by atoms with Gasteiger partial charge < -0.3 is 10.6 Å². The van der Waals surface area contributed by atoms with E-state index in [9.17, 15) is 0 Å². The molecule has 1 aromatic rings. The van der Waals surface area contributed by atoms with Gasteiger partial charge in [-0.3, -0.25) is 0 Å². The predicted molar refractivity (Wildman–Crippen MR) is 70.9 cm³/mol. The molecule has 0 bridgehead atoms. The van der Waals surface area contributed by atoms with Gasteiger partial charge in [0, 0.05) is 12.6 Å².